The quantitative estimate of drug-likeness (QED) is 0.613. The van der Waals surface area contributed by atoms with Crippen molar-refractivity contribution in [2.75, 3.05) is 0 Å². The average Bonchev–Trinajstić information content (AvgIpc) is 2.45. The van der Waals surface area contributed by atoms with Crippen LogP contribution in [0.5, 0.6) is 0 Å². The van der Waals surface area contributed by atoms with Crippen LogP contribution in [0.2, 0.25) is 0 Å². The molecule has 94 valence electrons. The summed E-state index contributed by atoms with van der Waals surface area (Å²) in [5.41, 5.74) is 5.85. The lowest BCUT2D eigenvalue weighted by Gasteiger charge is -2.24. The first-order valence-corrected chi connectivity index (χ1v) is 6.63. The Balaban J connectivity index is 2.45. The molecule has 0 saturated carbocycles. The van der Waals surface area contributed by atoms with Gasteiger partial charge in [0.1, 0.15) is 0 Å². The fourth-order valence-electron chi connectivity index (χ4n) is 2.65. The highest BCUT2D eigenvalue weighted by molar-refractivity contribution is 5.52. The summed E-state index contributed by atoms with van der Waals surface area (Å²) in [6, 6.07) is 0. The molecular weight excluding hydrogens is 216 g/mol. The van der Waals surface area contributed by atoms with Gasteiger partial charge in [0.2, 0.25) is 0 Å². The second-order valence-corrected chi connectivity index (χ2v) is 5.65. The smallest absolute Gasteiger partial charge is 0.00136 e. The molecule has 0 bridgehead atoms. The van der Waals surface area contributed by atoms with Gasteiger partial charge in [-0.2, -0.15) is 0 Å². The number of allylic oxidation sites excluding steroid dienone is 11. The fraction of sp³-hybridized carbons (Fsp3) is 0.333. The molecule has 2 aliphatic carbocycles. The molecule has 0 atom stereocenters. The van der Waals surface area contributed by atoms with Gasteiger partial charge in [0.25, 0.3) is 0 Å². The molecule has 0 saturated heterocycles. The first-order valence-electron chi connectivity index (χ1n) is 6.63. The molecule has 2 rings (SSSR count). The maximum Gasteiger partial charge on any atom is 0.00136 e. The van der Waals surface area contributed by atoms with Crippen LogP contribution in [-0.2, 0) is 0 Å². The highest BCUT2D eigenvalue weighted by Crippen LogP contribution is 2.38. The zero-order valence-electron chi connectivity index (χ0n) is 11.7. The standard InChI is InChI=1S/C18H22/c1-5-8-15-12-16-9-7-10-18(3,4)13-17(16)11-14(15)6-2/h5-10,13H,2,11-12H2,1,3-4H3/b8-5-. The Bertz CT molecular complexity index is 502. The number of hydrogen-bond acceptors (Lipinski definition) is 0. The van der Waals surface area contributed by atoms with E-state index in [1.165, 1.54) is 22.3 Å². The monoisotopic (exact) mass is 238 g/mol. The summed E-state index contributed by atoms with van der Waals surface area (Å²) in [6.07, 6.45) is 17.5. The van der Waals surface area contributed by atoms with Gasteiger partial charge >= 0.3 is 0 Å². The van der Waals surface area contributed by atoms with Gasteiger partial charge in [0, 0.05) is 5.41 Å². The van der Waals surface area contributed by atoms with Gasteiger partial charge < -0.3 is 0 Å². The molecule has 0 unspecified atom stereocenters. The van der Waals surface area contributed by atoms with Crippen molar-refractivity contribution < 1.29 is 0 Å². The van der Waals surface area contributed by atoms with Crippen LogP contribution < -0.4 is 0 Å². The Morgan fingerprint density at radius 3 is 2.56 bits per heavy atom. The normalized spacial score (nSPS) is 22.4. The fourth-order valence-corrected chi connectivity index (χ4v) is 2.65. The van der Waals surface area contributed by atoms with E-state index in [1.807, 2.05) is 6.08 Å². The minimum Gasteiger partial charge on any atom is -0.0988 e. The van der Waals surface area contributed by atoms with Crippen LogP contribution in [0.4, 0.5) is 0 Å². The molecule has 0 amide bonds. The van der Waals surface area contributed by atoms with Crippen molar-refractivity contribution in [3.8, 4) is 0 Å². The summed E-state index contributed by atoms with van der Waals surface area (Å²) in [5.74, 6) is 0. The third kappa shape index (κ3) is 2.64. The lowest BCUT2D eigenvalue weighted by Crippen LogP contribution is -2.07. The summed E-state index contributed by atoms with van der Waals surface area (Å²) in [7, 11) is 0. The summed E-state index contributed by atoms with van der Waals surface area (Å²) in [6.45, 7) is 10.5. The van der Waals surface area contributed by atoms with Crippen molar-refractivity contribution in [3.05, 3.63) is 71.4 Å². The maximum absolute atomic E-state index is 3.96. The Hall–Kier alpha value is -1.56. The average molecular weight is 238 g/mol. The molecule has 0 aromatic heterocycles. The molecule has 0 radical (unpaired) electrons. The first-order chi connectivity index (χ1) is 8.55. The van der Waals surface area contributed by atoms with E-state index in [9.17, 15) is 0 Å². The van der Waals surface area contributed by atoms with E-state index in [2.05, 4.69) is 63.8 Å². The van der Waals surface area contributed by atoms with Crippen molar-refractivity contribution in [1.82, 2.24) is 0 Å². The SMILES string of the molecule is C=CC1=C(/C=C\C)CC2=CC=CC(C)(C)C=C2C1. The van der Waals surface area contributed by atoms with Crippen LogP contribution in [0.15, 0.2) is 71.4 Å². The third-order valence-corrected chi connectivity index (χ3v) is 3.57. The van der Waals surface area contributed by atoms with Crippen molar-refractivity contribution >= 4 is 0 Å². The van der Waals surface area contributed by atoms with Gasteiger partial charge in [-0.3, -0.25) is 0 Å². The number of fused-ring (bicyclic) bond motifs is 1. The van der Waals surface area contributed by atoms with E-state index in [-0.39, 0.29) is 5.41 Å². The Labute approximate surface area is 111 Å². The second-order valence-electron chi connectivity index (χ2n) is 5.65. The minimum atomic E-state index is 0.151. The molecule has 18 heavy (non-hydrogen) atoms. The first kappa shape index (κ1) is 12.9. The molecule has 0 aliphatic heterocycles. The van der Waals surface area contributed by atoms with Crippen molar-refractivity contribution in [1.29, 1.82) is 0 Å². The summed E-state index contributed by atoms with van der Waals surface area (Å²) >= 11 is 0. The predicted molar refractivity (Wildman–Crippen MR) is 80.4 cm³/mol. The molecule has 0 heterocycles. The molecule has 2 aliphatic rings. The van der Waals surface area contributed by atoms with E-state index in [0.717, 1.165) is 12.8 Å². The van der Waals surface area contributed by atoms with Crippen LogP contribution in [0.25, 0.3) is 0 Å². The highest BCUT2D eigenvalue weighted by Gasteiger charge is 2.21. The van der Waals surface area contributed by atoms with E-state index in [4.69, 9.17) is 0 Å². The maximum atomic E-state index is 3.96. The van der Waals surface area contributed by atoms with Crippen LogP contribution in [0.3, 0.4) is 0 Å². The second kappa shape index (κ2) is 4.97. The summed E-state index contributed by atoms with van der Waals surface area (Å²) in [5, 5.41) is 0. The topological polar surface area (TPSA) is 0 Å². The van der Waals surface area contributed by atoms with E-state index >= 15 is 0 Å². The highest BCUT2D eigenvalue weighted by atomic mass is 14.3. The Morgan fingerprint density at radius 2 is 1.89 bits per heavy atom. The molecule has 0 fully saturated rings. The van der Waals surface area contributed by atoms with E-state index in [0.29, 0.717) is 0 Å². The third-order valence-electron chi connectivity index (χ3n) is 3.57. The van der Waals surface area contributed by atoms with E-state index < -0.39 is 0 Å². The minimum absolute atomic E-state index is 0.151. The van der Waals surface area contributed by atoms with Crippen molar-refractivity contribution in [3.63, 3.8) is 0 Å². The zero-order valence-corrected chi connectivity index (χ0v) is 11.7. The van der Waals surface area contributed by atoms with Crippen LogP contribution in [-0.4, -0.2) is 0 Å². The van der Waals surface area contributed by atoms with Gasteiger partial charge in [-0.15, -0.1) is 0 Å². The summed E-state index contributed by atoms with van der Waals surface area (Å²) in [4.78, 5) is 0. The van der Waals surface area contributed by atoms with Crippen LogP contribution in [0.1, 0.15) is 33.6 Å². The van der Waals surface area contributed by atoms with Gasteiger partial charge in [-0.05, 0) is 42.1 Å². The lowest BCUT2D eigenvalue weighted by atomic mass is 9.81. The van der Waals surface area contributed by atoms with Gasteiger partial charge in [0.15, 0.2) is 0 Å². The largest absolute Gasteiger partial charge is 0.0988 e. The van der Waals surface area contributed by atoms with Crippen LogP contribution in [0, 0.1) is 5.41 Å². The lowest BCUT2D eigenvalue weighted by molar-refractivity contribution is 0.620. The molecule has 0 nitrogen and oxygen atoms in total. The van der Waals surface area contributed by atoms with Crippen molar-refractivity contribution in [2.45, 2.75) is 33.6 Å². The molecular formula is C18H22. The molecule has 0 spiro atoms. The number of rotatable bonds is 2. The van der Waals surface area contributed by atoms with Crippen LogP contribution >= 0.6 is 0 Å². The Morgan fingerprint density at radius 1 is 1.17 bits per heavy atom. The molecule has 0 heteroatoms. The van der Waals surface area contributed by atoms with E-state index in [1.54, 1.807) is 0 Å². The predicted octanol–water partition coefficient (Wildman–Crippen LogP) is 5.29. The summed E-state index contributed by atoms with van der Waals surface area (Å²) < 4.78 is 0. The number of hydrogen-bond donors (Lipinski definition) is 0. The Kier molecular flexibility index (Phi) is 3.56. The molecule has 0 aromatic rings. The van der Waals surface area contributed by atoms with Gasteiger partial charge in [-0.25, -0.2) is 0 Å². The van der Waals surface area contributed by atoms with Gasteiger partial charge in [-0.1, -0.05) is 63.0 Å². The molecule has 0 N–H and O–H groups in total. The van der Waals surface area contributed by atoms with Crippen molar-refractivity contribution in [2.24, 2.45) is 5.41 Å². The zero-order chi connectivity index (χ0) is 13.2. The van der Waals surface area contributed by atoms with Gasteiger partial charge in [0.05, 0.1) is 0 Å². The molecule has 0 aromatic carbocycles.